The summed E-state index contributed by atoms with van der Waals surface area (Å²) in [6, 6.07) is 14.3. The Morgan fingerprint density at radius 1 is 1.10 bits per heavy atom. The lowest BCUT2D eigenvalue weighted by Crippen LogP contribution is -2.33. The Labute approximate surface area is 180 Å². The summed E-state index contributed by atoms with van der Waals surface area (Å²) in [7, 11) is 3.31. The molecule has 0 fully saturated rings. The van der Waals surface area contributed by atoms with Gasteiger partial charge >= 0.3 is 0 Å². The molecule has 2 aromatic heterocycles. The average Bonchev–Trinajstić information content (AvgIpc) is 3.21. The second-order valence-electron chi connectivity index (χ2n) is 7.73. The molecule has 2 aromatic carbocycles. The molecule has 5 nitrogen and oxygen atoms in total. The maximum atomic E-state index is 14.4. The first kappa shape index (κ1) is 20.6. The van der Waals surface area contributed by atoms with Crippen LogP contribution in [0.4, 0.5) is 4.39 Å². The quantitative estimate of drug-likeness (QED) is 0.465. The Bertz CT molecular complexity index is 1260. The van der Waals surface area contributed by atoms with Crippen molar-refractivity contribution >= 4 is 16.9 Å². The summed E-state index contributed by atoms with van der Waals surface area (Å²) in [5, 5.41) is 0.915. The first-order chi connectivity index (χ1) is 14.9. The molecule has 0 aliphatic heterocycles. The molecule has 1 amide bonds. The molecule has 4 rings (SSSR count). The largest absolute Gasteiger partial charge is 0.496 e. The van der Waals surface area contributed by atoms with E-state index in [-0.39, 0.29) is 17.5 Å². The number of hydrogen-bond acceptors (Lipinski definition) is 3. The summed E-state index contributed by atoms with van der Waals surface area (Å²) in [5.41, 5.74) is 4.21. The lowest BCUT2D eigenvalue weighted by molar-refractivity contribution is 0.0750. The lowest BCUT2D eigenvalue weighted by Gasteiger charge is -2.22. The molecule has 0 saturated heterocycles. The number of pyridine rings is 1. The van der Waals surface area contributed by atoms with Crippen LogP contribution in [0, 0.1) is 5.82 Å². The topological polar surface area (TPSA) is 58.2 Å². The fourth-order valence-electron chi connectivity index (χ4n) is 3.54. The van der Waals surface area contributed by atoms with Crippen molar-refractivity contribution in [3.63, 3.8) is 0 Å². The number of hydrogen-bond donors (Lipinski definition) is 1. The van der Waals surface area contributed by atoms with Gasteiger partial charge in [-0.25, -0.2) is 9.37 Å². The molecule has 0 radical (unpaired) electrons. The lowest BCUT2D eigenvalue weighted by atomic mass is 10.00. The number of halogens is 1. The number of amides is 1. The van der Waals surface area contributed by atoms with Gasteiger partial charge in [-0.1, -0.05) is 24.3 Å². The van der Waals surface area contributed by atoms with Crippen LogP contribution >= 0.6 is 0 Å². The number of aromatic amines is 1. The summed E-state index contributed by atoms with van der Waals surface area (Å²) in [6.07, 6.45) is 3.62. The highest BCUT2D eigenvalue weighted by molar-refractivity contribution is 5.98. The fraction of sp³-hybridized carbons (Fsp3) is 0.200. The summed E-state index contributed by atoms with van der Waals surface area (Å²) >= 11 is 0. The van der Waals surface area contributed by atoms with Gasteiger partial charge in [-0.05, 0) is 43.7 Å². The number of carbonyl (C=O) groups is 1. The molecule has 0 unspecified atom stereocenters. The highest BCUT2D eigenvalue weighted by Gasteiger charge is 2.19. The molecule has 4 aromatic rings. The molecular weight excluding hydrogens is 393 g/mol. The molecule has 6 heteroatoms. The number of aromatic nitrogens is 2. The zero-order valence-corrected chi connectivity index (χ0v) is 17.9. The number of methoxy groups -OCH3 is 1. The molecule has 0 atom stereocenters. The minimum atomic E-state index is -0.536. The number of rotatable bonds is 5. The van der Waals surface area contributed by atoms with Crippen LogP contribution in [0.15, 0.2) is 60.9 Å². The van der Waals surface area contributed by atoms with E-state index in [0.29, 0.717) is 0 Å². The summed E-state index contributed by atoms with van der Waals surface area (Å²) in [5.74, 6) is -0.119. The van der Waals surface area contributed by atoms with Crippen LogP contribution in [0.2, 0.25) is 0 Å². The van der Waals surface area contributed by atoms with Crippen LogP contribution in [-0.4, -0.2) is 41.0 Å². The van der Waals surface area contributed by atoms with Crippen molar-refractivity contribution in [2.24, 2.45) is 0 Å². The molecular formula is C25H24FN3O2. The first-order valence-corrected chi connectivity index (χ1v) is 10.1. The highest BCUT2D eigenvalue weighted by Crippen LogP contribution is 2.36. The maximum absolute atomic E-state index is 14.4. The highest BCUT2D eigenvalue weighted by atomic mass is 19.1. The molecule has 0 aliphatic rings. The molecule has 1 N–H and O–H groups in total. The monoisotopic (exact) mass is 417 g/mol. The third-order valence-electron chi connectivity index (χ3n) is 5.55. The third kappa shape index (κ3) is 3.77. The minimum Gasteiger partial charge on any atom is -0.496 e. The molecule has 2 heterocycles. The van der Waals surface area contributed by atoms with Gasteiger partial charge in [-0.15, -0.1) is 0 Å². The molecule has 158 valence electrons. The fourth-order valence-corrected chi connectivity index (χ4v) is 3.54. The Morgan fingerprint density at radius 3 is 2.61 bits per heavy atom. The maximum Gasteiger partial charge on any atom is 0.256 e. The van der Waals surface area contributed by atoms with Gasteiger partial charge in [0.15, 0.2) is 0 Å². The second kappa shape index (κ2) is 8.22. The number of nitrogens with one attached hydrogen (secondary N) is 1. The van der Waals surface area contributed by atoms with E-state index in [2.05, 4.69) is 9.97 Å². The smallest absolute Gasteiger partial charge is 0.256 e. The van der Waals surface area contributed by atoms with E-state index in [9.17, 15) is 9.18 Å². The number of H-pyrrole nitrogens is 1. The van der Waals surface area contributed by atoms with Crippen LogP contribution < -0.4 is 4.74 Å². The number of ether oxygens (including phenoxy) is 1. The van der Waals surface area contributed by atoms with E-state index in [0.717, 1.165) is 39.0 Å². The van der Waals surface area contributed by atoms with Gasteiger partial charge in [0.05, 0.1) is 12.7 Å². The van der Waals surface area contributed by atoms with Crippen molar-refractivity contribution in [3.05, 3.63) is 72.3 Å². The van der Waals surface area contributed by atoms with E-state index in [1.54, 1.807) is 32.5 Å². The zero-order valence-electron chi connectivity index (χ0n) is 17.9. The van der Waals surface area contributed by atoms with Crippen LogP contribution in [-0.2, 0) is 0 Å². The van der Waals surface area contributed by atoms with Gasteiger partial charge in [0, 0.05) is 47.6 Å². The standard InChI is InChI=1S/C25H24FN3O2/c1-15(2)29(3)25(30)20-11-16(9-10-22(20)26)17-12-19-21(14-28-24(19)27-13-17)18-7-5-6-8-23(18)31-4/h5-15H,1-4H3,(H,27,28). The van der Waals surface area contributed by atoms with Crippen molar-refractivity contribution < 1.29 is 13.9 Å². The predicted molar refractivity (Wildman–Crippen MR) is 121 cm³/mol. The van der Waals surface area contributed by atoms with E-state index in [1.165, 1.54) is 11.0 Å². The normalized spacial score (nSPS) is 11.2. The molecule has 0 saturated carbocycles. The van der Waals surface area contributed by atoms with Gasteiger partial charge in [-0.3, -0.25) is 4.79 Å². The zero-order chi connectivity index (χ0) is 22.1. The number of fused-ring (bicyclic) bond motifs is 1. The summed E-state index contributed by atoms with van der Waals surface area (Å²) < 4.78 is 20.0. The first-order valence-electron chi connectivity index (χ1n) is 10.1. The van der Waals surface area contributed by atoms with Gasteiger partial charge in [0.1, 0.15) is 17.2 Å². The minimum absolute atomic E-state index is 0.0307. The molecule has 0 aliphatic carbocycles. The van der Waals surface area contributed by atoms with Gasteiger partial charge < -0.3 is 14.6 Å². The van der Waals surface area contributed by atoms with Crippen LogP contribution in [0.1, 0.15) is 24.2 Å². The third-order valence-corrected chi connectivity index (χ3v) is 5.55. The van der Waals surface area contributed by atoms with E-state index < -0.39 is 5.82 Å². The van der Waals surface area contributed by atoms with E-state index >= 15 is 0 Å². The van der Waals surface area contributed by atoms with Gasteiger partial charge in [0.25, 0.3) is 5.91 Å². The van der Waals surface area contributed by atoms with Crippen molar-refractivity contribution in [2.75, 3.05) is 14.2 Å². The summed E-state index contributed by atoms with van der Waals surface area (Å²) in [6.45, 7) is 3.78. The Morgan fingerprint density at radius 2 is 1.87 bits per heavy atom. The second-order valence-corrected chi connectivity index (χ2v) is 7.73. The van der Waals surface area contributed by atoms with Crippen LogP contribution in [0.3, 0.4) is 0 Å². The number of carbonyl (C=O) groups excluding carboxylic acids is 1. The van der Waals surface area contributed by atoms with Gasteiger partial charge in [-0.2, -0.15) is 0 Å². The Hall–Kier alpha value is -3.67. The number of nitrogens with zero attached hydrogens (tertiary/aromatic N) is 2. The van der Waals surface area contributed by atoms with E-state index in [4.69, 9.17) is 4.74 Å². The number of benzene rings is 2. The predicted octanol–water partition coefficient (Wildman–Crippen LogP) is 5.53. The summed E-state index contributed by atoms with van der Waals surface area (Å²) in [4.78, 5) is 22.0. The van der Waals surface area contributed by atoms with Crippen LogP contribution in [0.5, 0.6) is 5.75 Å². The van der Waals surface area contributed by atoms with Crippen molar-refractivity contribution in [1.82, 2.24) is 14.9 Å². The van der Waals surface area contributed by atoms with Gasteiger partial charge in [0.2, 0.25) is 0 Å². The average molecular weight is 417 g/mol. The van der Waals surface area contributed by atoms with Crippen molar-refractivity contribution in [3.8, 4) is 28.0 Å². The molecule has 31 heavy (non-hydrogen) atoms. The SMILES string of the molecule is COc1ccccc1-c1c[nH]c2ncc(-c3ccc(F)c(C(=O)N(C)C(C)C)c3)cc12. The molecule has 0 bridgehead atoms. The van der Waals surface area contributed by atoms with Crippen molar-refractivity contribution in [2.45, 2.75) is 19.9 Å². The van der Waals surface area contributed by atoms with Crippen molar-refractivity contribution in [1.29, 1.82) is 0 Å². The Kier molecular flexibility index (Phi) is 5.46. The number of para-hydroxylation sites is 1. The molecule has 0 spiro atoms. The van der Waals surface area contributed by atoms with Crippen LogP contribution in [0.25, 0.3) is 33.3 Å². The Balaban J connectivity index is 1.81. The van der Waals surface area contributed by atoms with E-state index in [1.807, 2.05) is 50.4 Å².